The molecule has 102 valence electrons. The van der Waals surface area contributed by atoms with Crippen molar-refractivity contribution in [1.29, 1.82) is 0 Å². The van der Waals surface area contributed by atoms with E-state index in [1.165, 1.54) is 25.7 Å². The Hall–Kier alpha value is -1.85. The van der Waals surface area contributed by atoms with Crippen LogP contribution in [0.15, 0.2) is 6.33 Å². The Bertz CT molecular complexity index is 578. The van der Waals surface area contributed by atoms with Gasteiger partial charge in [0.15, 0.2) is 11.5 Å². The molecule has 0 spiro atoms. The molecule has 2 aromatic heterocycles. The lowest BCUT2D eigenvalue weighted by Gasteiger charge is -2.37. The number of imidazole rings is 1. The molecule has 19 heavy (non-hydrogen) atoms. The first-order chi connectivity index (χ1) is 9.16. The van der Waals surface area contributed by atoms with Gasteiger partial charge >= 0.3 is 0 Å². The third kappa shape index (κ3) is 2.11. The fraction of sp³-hybridized carbons (Fsp3) is 0.615. The zero-order valence-corrected chi connectivity index (χ0v) is 11.4. The number of aromatic nitrogens is 4. The number of nitrogens with one attached hydrogen (secondary N) is 1. The third-order valence-electron chi connectivity index (χ3n) is 4.18. The van der Waals surface area contributed by atoms with Crippen LogP contribution in [0, 0.1) is 5.92 Å². The maximum atomic E-state index is 5.78. The molecule has 0 bridgehead atoms. The Labute approximate surface area is 112 Å². The molecule has 6 nitrogen and oxygen atoms in total. The second kappa shape index (κ2) is 4.68. The van der Waals surface area contributed by atoms with Gasteiger partial charge in [-0.05, 0) is 18.8 Å². The normalized spacial score (nSPS) is 23.7. The molecule has 0 amide bonds. The molecule has 1 saturated carbocycles. The number of hydrogen-bond donors (Lipinski definition) is 2. The minimum atomic E-state index is 0.282. The smallest absolute Gasteiger partial charge is 0.224 e. The Kier molecular flexibility index (Phi) is 3.00. The highest BCUT2D eigenvalue weighted by molar-refractivity contribution is 5.84. The minimum Gasteiger partial charge on any atom is -0.368 e. The number of nitrogen functional groups attached to an aromatic ring is 1. The summed E-state index contributed by atoms with van der Waals surface area (Å²) in [5.74, 6) is 1.82. The minimum absolute atomic E-state index is 0.282. The summed E-state index contributed by atoms with van der Waals surface area (Å²) in [4.78, 5) is 18.1. The first kappa shape index (κ1) is 12.2. The first-order valence-electron chi connectivity index (χ1n) is 6.86. The van der Waals surface area contributed by atoms with Gasteiger partial charge in [-0.15, -0.1) is 0 Å². The topological polar surface area (TPSA) is 83.7 Å². The fourth-order valence-electron chi connectivity index (χ4n) is 3.12. The predicted molar refractivity (Wildman–Crippen MR) is 75.9 cm³/mol. The van der Waals surface area contributed by atoms with Crippen LogP contribution in [0.5, 0.6) is 0 Å². The van der Waals surface area contributed by atoms with Crippen molar-refractivity contribution in [3.63, 3.8) is 0 Å². The fourth-order valence-corrected chi connectivity index (χ4v) is 3.12. The average Bonchev–Trinajstić information content (AvgIpc) is 2.85. The van der Waals surface area contributed by atoms with E-state index in [4.69, 9.17) is 5.73 Å². The van der Waals surface area contributed by atoms with Crippen LogP contribution >= 0.6 is 0 Å². The number of hydrogen-bond acceptors (Lipinski definition) is 5. The van der Waals surface area contributed by atoms with Crippen molar-refractivity contribution in [2.24, 2.45) is 5.92 Å². The molecule has 1 aliphatic rings. The van der Waals surface area contributed by atoms with Gasteiger partial charge in [-0.25, -0.2) is 4.98 Å². The molecule has 0 aromatic carbocycles. The van der Waals surface area contributed by atoms with Gasteiger partial charge in [-0.1, -0.05) is 19.8 Å². The first-order valence-corrected chi connectivity index (χ1v) is 6.86. The van der Waals surface area contributed by atoms with E-state index in [0.717, 1.165) is 11.3 Å². The van der Waals surface area contributed by atoms with Crippen LogP contribution in [0.1, 0.15) is 32.6 Å². The summed E-state index contributed by atoms with van der Waals surface area (Å²) in [6, 6.07) is 0.509. The molecule has 0 radical (unpaired) electrons. The highest BCUT2D eigenvalue weighted by atomic mass is 15.2. The van der Waals surface area contributed by atoms with Gasteiger partial charge in [0.05, 0.1) is 6.33 Å². The van der Waals surface area contributed by atoms with Gasteiger partial charge in [-0.3, -0.25) is 0 Å². The Morgan fingerprint density at radius 2 is 2.11 bits per heavy atom. The number of nitrogens with two attached hydrogens (primary N) is 1. The van der Waals surface area contributed by atoms with E-state index in [1.807, 2.05) is 0 Å². The van der Waals surface area contributed by atoms with Crippen LogP contribution in [-0.4, -0.2) is 33.0 Å². The van der Waals surface area contributed by atoms with E-state index >= 15 is 0 Å². The Morgan fingerprint density at radius 3 is 2.89 bits per heavy atom. The summed E-state index contributed by atoms with van der Waals surface area (Å²) >= 11 is 0. The highest BCUT2D eigenvalue weighted by Crippen LogP contribution is 2.31. The number of rotatable bonds is 2. The van der Waals surface area contributed by atoms with Gasteiger partial charge in [0.25, 0.3) is 0 Å². The van der Waals surface area contributed by atoms with Crippen LogP contribution in [0.25, 0.3) is 11.2 Å². The summed E-state index contributed by atoms with van der Waals surface area (Å²) < 4.78 is 0. The van der Waals surface area contributed by atoms with E-state index < -0.39 is 0 Å². The molecule has 3 N–H and O–H groups in total. The number of fused-ring (bicyclic) bond motifs is 1. The van der Waals surface area contributed by atoms with Crippen molar-refractivity contribution in [2.45, 2.75) is 38.6 Å². The average molecular weight is 260 g/mol. The molecule has 2 unspecified atom stereocenters. The molecule has 2 atom stereocenters. The summed E-state index contributed by atoms with van der Waals surface area (Å²) in [6.45, 7) is 2.31. The maximum Gasteiger partial charge on any atom is 0.224 e. The lowest BCUT2D eigenvalue weighted by Crippen LogP contribution is -2.39. The molecule has 1 fully saturated rings. The van der Waals surface area contributed by atoms with Crippen molar-refractivity contribution in [3.8, 4) is 0 Å². The van der Waals surface area contributed by atoms with Crippen LogP contribution in [0.3, 0.4) is 0 Å². The second-order valence-corrected chi connectivity index (χ2v) is 5.45. The van der Waals surface area contributed by atoms with Crippen LogP contribution < -0.4 is 10.6 Å². The summed E-state index contributed by atoms with van der Waals surface area (Å²) in [5, 5.41) is 0. The predicted octanol–water partition coefficient (Wildman–Crippen LogP) is 1.95. The van der Waals surface area contributed by atoms with Crippen molar-refractivity contribution >= 4 is 22.9 Å². The largest absolute Gasteiger partial charge is 0.368 e. The monoisotopic (exact) mass is 260 g/mol. The molecule has 6 heteroatoms. The number of nitrogens with zero attached hydrogens (tertiary/aromatic N) is 4. The summed E-state index contributed by atoms with van der Waals surface area (Å²) in [7, 11) is 2.09. The zero-order chi connectivity index (χ0) is 13.4. The lowest BCUT2D eigenvalue weighted by atomic mass is 9.85. The lowest BCUT2D eigenvalue weighted by molar-refractivity contribution is 0.321. The van der Waals surface area contributed by atoms with Gasteiger partial charge in [-0.2, -0.15) is 9.97 Å². The van der Waals surface area contributed by atoms with Gasteiger partial charge < -0.3 is 15.6 Å². The SMILES string of the molecule is CC1CCCCC1N(C)c1nc(N)nc2nc[nH]c12. The van der Waals surface area contributed by atoms with Crippen molar-refractivity contribution in [2.75, 3.05) is 17.7 Å². The number of anilines is 2. The quantitative estimate of drug-likeness (QED) is 0.862. The van der Waals surface area contributed by atoms with Gasteiger partial charge in [0.2, 0.25) is 5.95 Å². The van der Waals surface area contributed by atoms with Gasteiger partial charge in [0, 0.05) is 13.1 Å². The number of aromatic amines is 1. The molecule has 2 heterocycles. The Morgan fingerprint density at radius 1 is 1.32 bits per heavy atom. The maximum absolute atomic E-state index is 5.78. The van der Waals surface area contributed by atoms with E-state index in [0.29, 0.717) is 17.6 Å². The van der Waals surface area contributed by atoms with Crippen molar-refractivity contribution in [3.05, 3.63) is 6.33 Å². The van der Waals surface area contributed by atoms with E-state index in [-0.39, 0.29) is 5.95 Å². The van der Waals surface area contributed by atoms with Gasteiger partial charge in [0.1, 0.15) is 5.52 Å². The highest BCUT2D eigenvalue weighted by Gasteiger charge is 2.27. The summed E-state index contributed by atoms with van der Waals surface area (Å²) in [6.07, 6.45) is 6.74. The van der Waals surface area contributed by atoms with Crippen LogP contribution in [0.4, 0.5) is 11.8 Å². The molecule has 0 aliphatic heterocycles. The van der Waals surface area contributed by atoms with E-state index in [2.05, 4.69) is 38.8 Å². The standard InChI is InChI=1S/C13H20N6/c1-8-5-3-4-6-9(8)19(2)12-10-11(16-7-15-10)17-13(14)18-12/h7-9H,3-6H2,1-2H3,(H3,14,15,16,17,18). The second-order valence-electron chi connectivity index (χ2n) is 5.45. The molecule has 1 aliphatic carbocycles. The third-order valence-corrected chi connectivity index (χ3v) is 4.18. The molecular formula is C13H20N6. The van der Waals surface area contributed by atoms with Crippen LogP contribution in [0.2, 0.25) is 0 Å². The van der Waals surface area contributed by atoms with Crippen molar-refractivity contribution in [1.82, 2.24) is 19.9 Å². The summed E-state index contributed by atoms with van der Waals surface area (Å²) in [5.41, 5.74) is 7.29. The van der Waals surface area contributed by atoms with E-state index in [9.17, 15) is 0 Å². The molecule has 0 saturated heterocycles. The molecular weight excluding hydrogens is 240 g/mol. The van der Waals surface area contributed by atoms with Crippen molar-refractivity contribution < 1.29 is 0 Å². The molecule has 3 rings (SSSR count). The Balaban J connectivity index is 2.00. The number of H-pyrrole nitrogens is 1. The molecule has 2 aromatic rings. The zero-order valence-electron chi connectivity index (χ0n) is 11.4. The van der Waals surface area contributed by atoms with Crippen LogP contribution in [-0.2, 0) is 0 Å². The van der Waals surface area contributed by atoms with E-state index in [1.54, 1.807) is 6.33 Å².